The summed E-state index contributed by atoms with van der Waals surface area (Å²) >= 11 is 0. The van der Waals surface area contributed by atoms with Crippen LogP contribution in [0.2, 0.25) is 0 Å². The average Bonchev–Trinajstić information content (AvgIpc) is 2.54. The highest BCUT2D eigenvalue weighted by molar-refractivity contribution is 5.73. The number of benzene rings is 1. The second kappa shape index (κ2) is 7.41. The smallest absolute Gasteiger partial charge is 0.315 e. The van der Waals surface area contributed by atoms with Crippen molar-refractivity contribution in [1.82, 2.24) is 10.6 Å². The van der Waals surface area contributed by atoms with Gasteiger partial charge < -0.3 is 15.7 Å². The van der Waals surface area contributed by atoms with Crippen molar-refractivity contribution < 1.29 is 14.8 Å². The molecule has 0 aliphatic heterocycles. The van der Waals surface area contributed by atoms with Crippen molar-refractivity contribution in [2.24, 2.45) is 5.41 Å². The number of nitrogens with zero attached hydrogens (tertiary/aromatic N) is 1. The Hall–Kier alpha value is -2.15. The van der Waals surface area contributed by atoms with Gasteiger partial charge in [0, 0.05) is 30.6 Å². The van der Waals surface area contributed by atoms with Crippen molar-refractivity contribution in [3.63, 3.8) is 0 Å². The molecule has 7 heteroatoms. The number of amides is 2. The van der Waals surface area contributed by atoms with Gasteiger partial charge in [0.1, 0.15) is 0 Å². The summed E-state index contributed by atoms with van der Waals surface area (Å²) in [4.78, 5) is 22.1. The van der Waals surface area contributed by atoms with E-state index in [2.05, 4.69) is 10.6 Å². The number of nitro groups is 1. The van der Waals surface area contributed by atoms with Crippen molar-refractivity contribution in [1.29, 1.82) is 0 Å². The third-order valence-corrected chi connectivity index (χ3v) is 4.51. The molecule has 1 aromatic carbocycles. The van der Waals surface area contributed by atoms with E-state index in [0.29, 0.717) is 12.1 Å². The van der Waals surface area contributed by atoms with Crippen molar-refractivity contribution in [3.8, 4) is 0 Å². The Kier molecular flexibility index (Phi) is 5.54. The lowest BCUT2D eigenvalue weighted by atomic mass is 9.73. The van der Waals surface area contributed by atoms with Crippen LogP contribution in [0.25, 0.3) is 0 Å². The quantitative estimate of drug-likeness (QED) is 0.572. The van der Waals surface area contributed by atoms with Crippen LogP contribution in [0.3, 0.4) is 0 Å². The lowest BCUT2D eigenvalue weighted by Crippen LogP contribution is -2.47. The molecule has 23 heavy (non-hydrogen) atoms. The lowest BCUT2D eigenvalue weighted by Gasteiger charge is -2.38. The molecule has 0 bridgehead atoms. The largest absolute Gasteiger partial charge is 0.392 e. The fraction of sp³-hybridized carbons (Fsp3) is 0.562. The Bertz CT molecular complexity index is 578. The Morgan fingerprint density at radius 1 is 1.43 bits per heavy atom. The van der Waals surface area contributed by atoms with Gasteiger partial charge in [-0.2, -0.15) is 0 Å². The van der Waals surface area contributed by atoms with E-state index in [-0.39, 0.29) is 23.7 Å². The monoisotopic (exact) mass is 321 g/mol. The van der Waals surface area contributed by atoms with Crippen LogP contribution in [0.1, 0.15) is 38.2 Å². The molecule has 0 unspecified atom stereocenters. The van der Waals surface area contributed by atoms with Crippen LogP contribution >= 0.6 is 0 Å². The number of non-ortho nitro benzene ring substituents is 1. The zero-order valence-corrected chi connectivity index (χ0v) is 13.2. The van der Waals surface area contributed by atoms with Crippen LogP contribution in [-0.2, 0) is 6.54 Å². The van der Waals surface area contributed by atoms with Gasteiger partial charge in [-0.1, -0.05) is 31.9 Å². The molecule has 0 heterocycles. The van der Waals surface area contributed by atoms with Gasteiger partial charge in [0.15, 0.2) is 0 Å². The number of urea groups is 1. The minimum atomic E-state index is -0.463. The lowest BCUT2D eigenvalue weighted by molar-refractivity contribution is -0.384. The third-order valence-electron chi connectivity index (χ3n) is 4.51. The molecule has 7 nitrogen and oxygen atoms in total. The van der Waals surface area contributed by atoms with Crippen LogP contribution < -0.4 is 10.6 Å². The topological polar surface area (TPSA) is 104 Å². The summed E-state index contributed by atoms with van der Waals surface area (Å²) in [6.45, 7) is 2.61. The molecule has 1 aliphatic rings. The molecule has 1 fully saturated rings. The Morgan fingerprint density at radius 2 is 2.22 bits per heavy atom. The van der Waals surface area contributed by atoms with E-state index in [9.17, 15) is 20.0 Å². The first kappa shape index (κ1) is 17.2. The van der Waals surface area contributed by atoms with E-state index in [1.54, 1.807) is 12.1 Å². The van der Waals surface area contributed by atoms with Gasteiger partial charge in [0.2, 0.25) is 0 Å². The summed E-state index contributed by atoms with van der Waals surface area (Å²) in [5, 5.41) is 26.3. The minimum absolute atomic E-state index is 0.00236. The number of hydrogen-bond acceptors (Lipinski definition) is 4. The van der Waals surface area contributed by atoms with Crippen molar-refractivity contribution in [2.75, 3.05) is 6.54 Å². The molecular weight excluding hydrogens is 298 g/mol. The Morgan fingerprint density at radius 3 is 2.91 bits per heavy atom. The molecular formula is C16H23N3O4. The van der Waals surface area contributed by atoms with E-state index in [1.165, 1.54) is 12.1 Å². The molecule has 126 valence electrons. The predicted molar refractivity (Wildman–Crippen MR) is 85.9 cm³/mol. The van der Waals surface area contributed by atoms with Crippen molar-refractivity contribution in [3.05, 3.63) is 39.9 Å². The second-order valence-electron chi connectivity index (χ2n) is 6.38. The van der Waals surface area contributed by atoms with Crippen LogP contribution in [0.5, 0.6) is 0 Å². The van der Waals surface area contributed by atoms with Crippen LogP contribution in [0.4, 0.5) is 10.5 Å². The Labute approximate surface area is 135 Å². The highest BCUT2D eigenvalue weighted by Crippen LogP contribution is 2.35. The molecule has 0 spiro atoms. The standard InChI is InChI=1S/C16H23N3O4/c1-16(8-3-2-7-14(16)20)11-18-15(21)17-10-12-5-4-6-13(9-12)19(22)23/h4-6,9,14,20H,2-3,7-8,10-11H2,1H3,(H2,17,18,21)/t14-,16+/m1/s1. The summed E-state index contributed by atoms with van der Waals surface area (Å²) in [6, 6.07) is 5.82. The van der Waals surface area contributed by atoms with Crippen molar-refractivity contribution >= 4 is 11.7 Å². The summed E-state index contributed by atoms with van der Waals surface area (Å²) in [7, 11) is 0. The maximum absolute atomic E-state index is 11.9. The molecule has 2 rings (SSSR count). The summed E-state index contributed by atoms with van der Waals surface area (Å²) in [5.74, 6) is 0. The van der Waals surface area contributed by atoms with E-state index in [0.717, 1.165) is 25.7 Å². The summed E-state index contributed by atoms with van der Waals surface area (Å²) in [6.07, 6.45) is 3.35. The van der Waals surface area contributed by atoms with Gasteiger partial charge >= 0.3 is 6.03 Å². The highest BCUT2D eigenvalue weighted by Gasteiger charge is 2.35. The van der Waals surface area contributed by atoms with E-state index in [4.69, 9.17) is 0 Å². The third kappa shape index (κ3) is 4.66. The molecule has 0 aromatic heterocycles. The number of nitro benzene ring substituents is 1. The number of aliphatic hydroxyl groups excluding tert-OH is 1. The van der Waals surface area contributed by atoms with Gasteiger partial charge in [-0.15, -0.1) is 0 Å². The Balaban J connectivity index is 1.81. The van der Waals surface area contributed by atoms with E-state index in [1.807, 2.05) is 6.92 Å². The molecule has 2 atom stereocenters. The first-order valence-electron chi connectivity index (χ1n) is 7.84. The summed E-state index contributed by atoms with van der Waals surface area (Å²) < 4.78 is 0. The molecule has 1 aliphatic carbocycles. The normalized spacial score (nSPS) is 24.0. The van der Waals surface area contributed by atoms with Gasteiger partial charge in [-0.3, -0.25) is 10.1 Å². The van der Waals surface area contributed by atoms with Crippen LogP contribution in [-0.4, -0.2) is 28.7 Å². The fourth-order valence-electron chi connectivity index (χ4n) is 2.89. The molecule has 0 saturated heterocycles. The predicted octanol–water partition coefficient (Wildman–Crippen LogP) is 2.34. The van der Waals surface area contributed by atoms with E-state index >= 15 is 0 Å². The SMILES string of the molecule is C[C@@]1(CNC(=O)NCc2cccc([N+](=O)[O-])c2)CCCC[C@H]1O. The maximum atomic E-state index is 11.9. The molecule has 3 N–H and O–H groups in total. The first-order valence-corrected chi connectivity index (χ1v) is 7.84. The number of aliphatic hydroxyl groups is 1. The number of rotatable bonds is 5. The van der Waals surface area contributed by atoms with Gasteiger partial charge in [0.05, 0.1) is 11.0 Å². The first-order chi connectivity index (χ1) is 10.9. The molecule has 1 aromatic rings. The molecule has 2 amide bonds. The maximum Gasteiger partial charge on any atom is 0.315 e. The van der Waals surface area contributed by atoms with Crippen LogP contribution in [0, 0.1) is 15.5 Å². The van der Waals surface area contributed by atoms with E-state index < -0.39 is 11.0 Å². The minimum Gasteiger partial charge on any atom is -0.392 e. The number of carbonyl (C=O) groups is 1. The second-order valence-corrected chi connectivity index (χ2v) is 6.38. The fourth-order valence-corrected chi connectivity index (χ4v) is 2.89. The number of nitrogens with one attached hydrogen (secondary N) is 2. The molecule has 1 saturated carbocycles. The zero-order chi connectivity index (χ0) is 16.9. The van der Waals surface area contributed by atoms with Gasteiger partial charge in [0.25, 0.3) is 5.69 Å². The van der Waals surface area contributed by atoms with Gasteiger partial charge in [-0.05, 0) is 18.4 Å². The zero-order valence-electron chi connectivity index (χ0n) is 13.2. The highest BCUT2D eigenvalue weighted by atomic mass is 16.6. The average molecular weight is 321 g/mol. The van der Waals surface area contributed by atoms with Gasteiger partial charge in [-0.25, -0.2) is 4.79 Å². The number of hydrogen-bond donors (Lipinski definition) is 3. The molecule has 0 radical (unpaired) electrons. The van der Waals surface area contributed by atoms with Crippen molar-refractivity contribution in [2.45, 2.75) is 45.3 Å². The summed E-state index contributed by atoms with van der Waals surface area (Å²) in [5.41, 5.74) is 0.377. The van der Waals surface area contributed by atoms with Crippen LogP contribution in [0.15, 0.2) is 24.3 Å². The number of carbonyl (C=O) groups excluding carboxylic acids is 1.